The first kappa shape index (κ1) is 14.9. The molecule has 0 unspecified atom stereocenters. The molecule has 1 heterocycles. The van der Waals surface area contributed by atoms with Gasteiger partial charge >= 0.3 is 0 Å². The summed E-state index contributed by atoms with van der Waals surface area (Å²) < 4.78 is 10.8. The van der Waals surface area contributed by atoms with Gasteiger partial charge in [-0.3, -0.25) is 0 Å². The van der Waals surface area contributed by atoms with Crippen LogP contribution in [0.15, 0.2) is 28.8 Å². The molecule has 1 atom stereocenters. The fourth-order valence-corrected chi connectivity index (χ4v) is 2.29. The molecule has 2 N–H and O–H groups in total. The molecule has 2 rings (SSSR count). The smallest absolute Gasteiger partial charge is 0.243 e. The third-order valence-corrected chi connectivity index (χ3v) is 3.46. The number of ether oxygens (including phenoxy) is 1. The van der Waals surface area contributed by atoms with E-state index < -0.39 is 0 Å². The van der Waals surface area contributed by atoms with Gasteiger partial charge in [0.25, 0.3) is 0 Å². The van der Waals surface area contributed by atoms with Crippen LogP contribution in [0.25, 0.3) is 11.4 Å². The van der Waals surface area contributed by atoms with Crippen molar-refractivity contribution in [2.45, 2.75) is 19.4 Å². The number of hydrogen-bond acceptors (Lipinski definition) is 6. The Morgan fingerprint density at radius 2 is 2.20 bits per heavy atom. The first-order valence-corrected chi connectivity index (χ1v) is 7.96. The lowest BCUT2D eigenvalue weighted by Gasteiger charge is -2.06. The van der Waals surface area contributed by atoms with E-state index in [1.54, 1.807) is 11.8 Å². The Morgan fingerprint density at radius 3 is 2.95 bits per heavy atom. The average Bonchev–Trinajstić information content (AvgIpc) is 2.95. The summed E-state index contributed by atoms with van der Waals surface area (Å²) in [5.74, 6) is 2.71. The van der Waals surface area contributed by atoms with E-state index in [1.807, 2.05) is 37.4 Å². The molecule has 0 fully saturated rings. The van der Waals surface area contributed by atoms with Gasteiger partial charge in [0.15, 0.2) is 0 Å². The molecule has 1 aromatic heterocycles. The minimum Gasteiger partial charge on any atom is -0.493 e. The number of nitrogens with two attached hydrogens (primary N) is 1. The van der Waals surface area contributed by atoms with E-state index in [1.165, 1.54) is 0 Å². The molecule has 2 aromatic rings. The van der Waals surface area contributed by atoms with E-state index in [4.69, 9.17) is 15.0 Å². The Morgan fingerprint density at radius 1 is 1.40 bits per heavy atom. The Kier molecular flexibility index (Phi) is 5.43. The van der Waals surface area contributed by atoms with Crippen LogP contribution in [0.3, 0.4) is 0 Å². The van der Waals surface area contributed by atoms with Crippen LogP contribution in [0.2, 0.25) is 0 Å². The lowest BCUT2D eigenvalue weighted by molar-refractivity contribution is 0.340. The van der Waals surface area contributed by atoms with Gasteiger partial charge in [-0.2, -0.15) is 16.7 Å². The number of hydrogen-bond donors (Lipinski definition) is 1. The van der Waals surface area contributed by atoms with Crippen molar-refractivity contribution in [3.8, 4) is 17.1 Å². The minimum atomic E-state index is -0.219. The summed E-state index contributed by atoms with van der Waals surface area (Å²) in [7, 11) is 0. The number of nitrogens with zero attached hydrogens (tertiary/aromatic N) is 2. The van der Waals surface area contributed by atoms with Crippen molar-refractivity contribution in [3.05, 3.63) is 30.2 Å². The maximum Gasteiger partial charge on any atom is 0.243 e. The monoisotopic (exact) mass is 293 g/mol. The van der Waals surface area contributed by atoms with Gasteiger partial charge in [-0.25, -0.2) is 0 Å². The molecule has 0 saturated carbocycles. The molecule has 6 heteroatoms. The van der Waals surface area contributed by atoms with Crippen LogP contribution in [0, 0.1) is 0 Å². The van der Waals surface area contributed by atoms with Crippen LogP contribution < -0.4 is 10.5 Å². The molecule has 0 radical (unpaired) electrons. The number of thioether (sulfide) groups is 1. The molecule has 0 aliphatic heterocycles. The molecular formula is C14H19N3O2S. The predicted molar refractivity (Wildman–Crippen MR) is 80.8 cm³/mol. The lowest BCUT2D eigenvalue weighted by atomic mass is 10.2. The van der Waals surface area contributed by atoms with Crippen molar-refractivity contribution in [1.82, 2.24) is 10.1 Å². The first-order valence-electron chi connectivity index (χ1n) is 6.56. The highest BCUT2D eigenvalue weighted by Crippen LogP contribution is 2.28. The number of para-hydroxylation sites is 1. The van der Waals surface area contributed by atoms with Crippen LogP contribution in [-0.2, 0) is 0 Å². The number of aromatic nitrogens is 2. The zero-order valence-electron chi connectivity index (χ0n) is 11.7. The van der Waals surface area contributed by atoms with Crippen molar-refractivity contribution in [1.29, 1.82) is 0 Å². The van der Waals surface area contributed by atoms with Crippen molar-refractivity contribution in [2.24, 2.45) is 5.73 Å². The largest absolute Gasteiger partial charge is 0.493 e. The predicted octanol–water partition coefficient (Wildman–Crippen LogP) is 2.89. The van der Waals surface area contributed by atoms with Gasteiger partial charge in [-0.1, -0.05) is 17.3 Å². The van der Waals surface area contributed by atoms with Gasteiger partial charge < -0.3 is 15.0 Å². The molecule has 108 valence electrons. The number of benzene rings is 1. The fraction of sp³-hybridized carbons (Fsp3) is 0.429. The second kappa shape index (κ2) is 7.31. The quantitative estimate of drug-likeness (QED) is 0.846. The molecule has 0 aliphatic rings. The van der Waals surface area contributed by atoms with Crippen LogP contribution >= 0.6 is 11.8 Å². The maximum atomic E-state index is 6.03. The van der Waals surface area contributed by atoms with Gasteiger partial charge in [0.2, 0.25) is 11.7 Å². The van der Waals surface area contributed by atoms with Crippen molar-refractivity contribution in [2.75, 3.05) is 18.6 Å². The summed E-state index contributed by atoms with van der Waals surface area (Å²) in [4.78, 5) is 4.38. The van der Waals surface area contributed by atoms with Gasteiger partial charge in [0.1, 0.15) is 5.75 Å². The Bertz CT molecular complexity index is 545. The van der Waals surface area contributed by atoms with Crippen molar-refractivity contribution in [3.63, 3.8) is 0 Å². The summed E-state index contributed by atoms with van der Waals surface area (Å²) in [5, 5.41) is 4.01. The van der Waals surface area contributed by atoms with Crippen molar-refractivity contribution < 1.29 is 9.26 Å². The molecule has 0 saturated heterocycles. The molecule has 0 aliphatic carbocycles. The fourth-order valence-electron chi connectivity index (χ4n) is 1.80. The van der Waals surface area contributed by atoms with E-state index in [0.29, 0.717) is 18.3 Å². The molecule has 0 amide bonds. The van der Waals surface area contributed by atoms with Gasteiger partial charge in [0.05, 0.1) is 18.2 Å². The van der Waals surface area contributed by atoms with Gasteiger partial charge in [-0.15, -0.1) is 0 Å². The summed E-state index contributed by atoms with van der Waals surface area (Å²) in [6.45, 7) is 2.53. The van der Waals surface area contributed by atoms with Crippen LogP contribution in [0.4, 0.5) is 0 Å². The van der Waals surface area contributed by atoms with E-state index in [9.17, 15) is 0 Å². The van der Waals surface area contributed by atoms with Crippen LogP contribution in [0.5, 0.6) is 5.75 Å². The summed E-state index contributed by atoms with van der Waals surface area (Å²) in [6, 6.07) is 7.42. The van der Waals surface area contributed by atoms with Crippen LogP contribution in [0.1, 0.15) is 25.3 Å². The van der Waals surface area contributed by atoms with Crippen molar-refractivity contribution >= 4 is 11.8 Å². The molecule has 20 heavy (non-hydrogen) atoms. The average molecular weight is 293 g/mol. The second-order valence-corrected chi connectivity index (χ2v) is 5.26. The highest BCUT2D eigenvalue weighted by molar-refractivity contribution is 7.98. The van der Waals surface area contributed by atoms with E-state index in [-0.39, 0.29) is 6.04 Å². The summed E-state index contributed by atoms with van der Waals surface area (Å²) >= 11 is 1.75. The molecular weight excluding hydrogens is 274 g/mol. The third kappa shape index (κ3) is 3.52. The van der Waals surface area contributed by atoms with Gasteiger partial charge in [-0.05, 0) is 37.5 Å². The number of rotatable bonds is 7. The van der Waals surface area contributed by atoms with Gasteiger partial charge in [0, 0.05) is 0 Å². The maximum absolute atomic E-state index is 6.03. The third-order valence-electron chi connectivity index (χ3n) is 2.82. The lowest BCUT2D eigenvalue weighted by Crippen LogP contribution is -2.11. The summed E-state index contributed by atoms with van der Waals surface area (Å²) in [6.07, 6.45) is 2.86. The normalized spacial score (nSPS) is 12.3. The minimum absolute atomic E-state index is 0.219. The highest BCUT2D eigenvalue weighted by atomic mass is 32.2. The standard InChI is InChI=1S/C14H19N3O2S/c1-3-18-12-7-5-4-6-10(12)13-16-14(19-17-13)11(15)8-9-20-2/h4-7,11H,3,8-9,15H2,1-2H3/t11-/m0/s1. The highest BCUT2D eigenvalue weighted by Gasteiger charge is 2.17. The molecule has 0 spiro atoms. The molecule has 5 nitrogen and oxygen atoms in total. The zero-order valence-corrected chi connectivity index (χ0v) is 12.5. The Labute approximate surface area is 122 Å². The van der Waals surface area contributed by atoms with E-state index in [2.05, 4.69) is 10.1 Å². The second-order valence-electron chi connectivity index (χ2n) is 4.27. The van der Waals surface area contributed by atoms with E-state index in [0.717, 1.165) is 23.5 Å². The summed E-state index contributed by atoms with van der Waals surface area (Å²) in [5.41, 5.74) is 6.85. The Hall–Kier alpha value is -1.53. The zero-order chi connectivity index (χ0) is 14.4. The van der Waals surface area contributed by atoms with E-state index >= 15 is 0 Å². The Balaban J connectivity index is 2.20. The molecule has 0 bridgehead atoms. The topological polar surface area (TPSA) is 74.2 Å². The SMILES string of the molecule is CCOc1ccccc1-c1noc([C@@H](N)CCSC)n1. The van der Waals surface area contributed by atoms with Crippen LogP contribution in [-0.4, -0.2) is 28.8 Å². The first-order chi connectivity index (χ1) is 9.76. The molecule has 1 aromatic carbocycles.